The van der Waals surface area contributed by atoms with Gasteiger partial charge < -0.3 is 10.6 Å². The first-order valence-corrected chi connectivity index (χ1v) is 8.06. The highest BCUT2D eigenvalue weighted by atomic mass is 32.1. The zero-order valence-corrected chi connectivity index (χ0v) is 13.0. The predicted octanol–water partition coefficient (Wildman–Crippen LogP) is 3.78. The summed E-state index contributed by atoms with van der Waals surface area (Å²) in [5.74, 6) is 0.505. The van der Waals surface area contributed by atoms with Crippen molar-refractivity contribution in [2.45, 2.75) is 25.8 Å². The lowest BCUT2D eigenvalue weighted by Gasteiger charge is -2.21. The summed E-state index contributed by atoms with van der Waals surface area (Å²) in [5.41, 5.74) is 7.21. The highest BCUT2D eigenvalue weighted by Gasteiger charge is 2.27. The molecule has 1 aromatic carbocycles. The quantitative estimate of drug-likeness (QED) is 0.913. The third-order valence-corrected chi connectivity index (χ3v) is 4.67. The van der Waals surface area contributed by atoms with Crippen LogP contribution >= 0.6 is 11.3 Å². The molecule has 3 nitrogen and oxygen atoms in total. The Morgan fingerprint density at radius 2 is 2.00 bits per heavy atom. The Bertz CT molecular complexity index is 621. The van der Waals surface area contributed by atoms with Gasteiger partial charge >= 0.3 is 0 Å². The minimum absolute atomic E-state index is 0.152. The second kappa shape index (κ2) is 6.33. The third-order valence-electron chi connectivity index (χ3n) is 3.59. The van der Waals surface area contributed by atoms with Crippen molar-refractivity contribution in [3.8, 4) is 0 Å². The third kappa shape index (κ3) is 3.46. The minimum Gasteiger partial charge on any atom is -0.388 e. The SMILES string of the molecule is Cc1ccc(C2C=C(N)ON2CCCc2ccccc2)s1. The van der Waals surface area contributed by atoms with E-state index in [0.717, 1.165) is 19.4 Å². The van der Waals surface area contributed by atoms with E-state index in [4.69, 9.17) is 10.6 Å². The van der Waals surface area contributed by atoms with Crippen molar-refractivity contribution in [1.82, 2.24) is 5.06 Å². The van der Waals surface area contributed by atoms with Crippen molar-refractivity contribution in [3.05, 3.63) is 69.7 Å². The van der Waals surface area contributed by atoms with Crippen molar-refractivity contribution in [2.24, 2.45) is 5.73 Å². The lowest BCUT2D eigenvalue weighted by Crippen LogP contribution is -2.24. The summed E-state index contributed by atoms with van der Waals surface area (Å²) < 4.78 is 0. The Morgan fingerprint density at radius 1 is 1.19 bits per heavy atom. The van der Waals surface area contributed by atoms with Gasteiger partial charge in [-0.25, -0.2) is 0 Å². The first-order chi connectivity index (χ1) is 10.2. The predicted molar refractivity (Wildman–Crippen MR) is 86.6 cm³/mol. The van der Waals surface area contributed by atoms with E-state index < -0.39 is 0 Å². The van der Waals surface area contributed by atoms with Gasteiger partial charge in [0.1, 0.15) is 6.04 Å². The number of hydroxylamine groups is 2. The zero-order chi connectivity index (χ0) is 14.7. The molecule has 1 aromatic heterocycles. The van der Waals surface area contributed by atoms with Crippen LogP contribution in [-0.4, -0.2) is 11.6 Å². The second-order valence-electron chi connectivity index (χ2n) is 5.28. The molecule has 0 saturated heterocycles. The average molecular weight is 300 g/mol. The molecule has 3 rings (SSSR count). The lowest BCUT2D eigenvalue weighted by atomic mass is 10.1. The van der Waals surface area contributed by atoms with Crippen LogP contribution in [0, 0.1) is 6.92 Å². The summed E-state index contributed by atoms with van der Waals surface area (Å²) in [6.45, 7) is 2.99. The molecule has 0 spiro atoms. The van der Waals surface area contributed by atoms with E-state index in [0.29, 0.717) is 5.88 Å². The van der Waals surface area contributed by atoms with E-state index in [1.165, 1.54) is 15.3 Å². The van der Waals surface area contributed by atoms with Crippen LogP contribution in [0.4, 0.5) is 0 Å². The van der Waals surface area contributed by atoms with E-state index >= 15 is 0 Å². The van der Waals surface area contributed by atoms with Crippen LogP contribution in [0.15, 0.2) is 54.4 Å². The second-order valence-corrected chi connectivity index (χ2v) is 6.60. The average Bonchev–Trinajstić information content (AvgIpc) is 3.06. The molecule has 110 valence electrons. The van der Waals surface area contributed by atoms with Crippen LogP contribution in [0.1, 0.15) is 27.8 Å². The summed E-state index contributed by atoms with van der Waals surface area (Å²) in [4.78, 5) is 8.25. The van der Waals surface area contributed by atoms with Gasteiger partial charge in [0.25, 0.3) is 0 Å². The monoisotopic (exact) mass is 300 g/mol. The molecule has 0 radical (unpaired) electrons. The number of aryl methyl sites for hydroxylation is 2. The summed E-state index contributed by atoms with van der Waals surface area (Å²) in [7, 11) is 0. The van der Waals surface area contributed by atoms with Crippen LogP contribution in [0.2, 0.25) is 0 Å². The highest BCUT2D eigenvalue weighted by Crippen LogP contribution is 2.33. The number of nitrogens with zero attached hydrogens (tertiary/aromatic N) is 1. The molecule has 1 aliphatic heterocycles. The van der Waals surface area contributed by atoms with Crippen LogP contribution < -0.4 is 5.73 Å². The Kier molecular flexibility index (Phi) is 4.27. The number of benzene rings is 1. The first-order valence-electron chi connectivity index (χ1n) is 7.24. The van der Waals surface area contributed by atoms with Gasteiger partial charge in [-0.2, -0.15) is 0 Å². The fraction of sp³-hybridized carbons (Fsp3) is 0.294. The maximum Gasteiger partial charge on any atom is 0.207 e. The molecular formula is C17H20N2OS. The molecule has 1 aliphatic rings. The van der Waals surface area contributed by atoms with E-state index in [-0.39, 0.29) is 6.04 Å². The van der Waals surface area contributed by atoms with Gasteiger partial charge in [-0.05, 0) is 37.5 Å². The molecule has 2 N–H and O–H groups in total. The molecule has 0 aliphatic carbocycles. The maximum atomic E-state index is 5.84. The highest BCUT2D eigenvalue weighted by molar-refractivity contribution is 7.12. The van der Waals surface area contributed by atoms with Crippen molar-refractivity contribution in [3.63, 3.8) is 0 Å². The Balaban J connectivity index is 1.59. The van der Waals surface area contributed by atoms with Gasteiger partial charge in [0.2, 0.25) is 5.88 Å². The molecule has 0 saturated carbocycles. The number of hydrogen-bond donors (Lipinski definition) is 1. The Hall–Kier alpha value is -1.78. The van der Waals surface area contributed by atoms with E-state index in [2.05, 4.69) is 43.3 Å². The van der Waals surface area contributed by atoms with Gasteiger partial charge in [0.05, 0.1) is 0 Å². The van der Waals surface area contributed by atoms with Crippen LogP contribution in [0.25, 0.3) is 0 Å². The molecule has 0 amide bonds. The minimum atomic E-state index is 0.152. The zero-order valence-electron chi connectivity index (χ0n) is 12.2. The number of nitrogens with two attached hydrogens (primary N) is 1. The fourth-order valence-corrected chi connectivity index (χ4v) is 3.52. The molecule has 2 aromatic rings. The Morgan fingerprint density at radius 3 is 2.71 bits per heavy atom. The molecule has 1 unspecified atom stereocenters. The molecule has 4 heteroatoms. The van der Waals surface area contributed by atoms with E-state index in [1.807, 2.05) is 17.2 Å². The number of rotatable bonds is 5. The van der Waals surface area contributed by atoms with Gasteiger partial charge in [-0.3, -0.25) is 0 Å². The number of thiophene rings is 1. The van der Waals surface area contributed by atoms with Gasteiger partial charge in [0.15, 0.2) is 0 Å². The largest absolute Gasteiger partial charge is 0.388 e. The topological polar surface area (TPSA) is 38.5 Å². The summed E-state index contributed by atoms with van der Waals surface area (Å²) in [6.07, 6.45) is 4.09. The molecule has 2 heterocycles. The molecule has 0 fully saturated rings. The van der Waals surface area contributed by atoms with Crippen molar-refractivity contribution in [1.29, 1.82) is 0 Å². The summed E-state index contributed by atoms with van der Waals surface area (Å²) in [5, 5.41) is 1.99. The normalized spacial score (nSPS) is 18.5. The van der Waals surface area contributed by atoms with E-state index in [1.54, 1.807) is 11.3 Å². The van der Waals surface area contributed by atoms with Crippen LogP contribution in [-0.2, 0) is 11.3 Å². The van der Waals surface area contributed by atoms with Gasteiger partial charge in [0, 0.05) is 22.4 Å². The fourth-order valence-electron chi connectivity index (χ4n) is 2.57. The van der Waals surface area contributed by atoms with Crippen molar-refractivity contribution in [2.75, 3.05) is 6.54 Å². The number of hydrogen-bond acceptors (Lipinski definition) is 4. The van der Waals surface area contributed by atoms with Crippen LogP contribution in [0.3, 0.4) is 0 Å². The molecular weight excluding hydrogens is 280 g/mol. The molecule has 0 bridgehead atoms. The van der Waals surface area contributed by atoms with Crippen molar-refractivity contribution < 1.29 is 4.84 Å². The lowest BCUT2D eigenvalue weighted by molar-refractivity contribution is -0.119. The first kappa shape index (κ1) is 14.2. The van der Waals surface area contributed by atoms with Crippen molar-refractivity contribution >= 4 is 11.3 Å². The standard InChI is InChI=1S/C17H20N2OS/c1-13-9-10-16(21-13)15-12-17(18)20-19(15)11-5-8-14-6-3-2-4-7-14/h2-4,6-7,9-10,12,15H,5,8,11,18H2,1H3. The maximum absolute atomic E-state index is 5.84. The summed E-state index contributed by atoms with van der Waals surface area (Å²) in [6, 6.07) is 15.0. The van der Waals surface area contributed by atoms with Gasteiger partial charge in [-0.15, -0.1) is 16.4 Å². The Labute approximate surface area is 129 Å². The van der Waals surface area contributed by atoms with E-state index in [9.17, 15) is 0 Å². The molecule has 21 heavy (non-hydrogen) atoms. The molecule has 1 atom stereocenters. The smallest absolute Gasteiger partial charge is 0.207 e. The van der Waals surface area contributed by atoms with Crippen LogP contribution in [0.5, 0.6) is 0 Å². The van der Waals surface area contributed by atoms with Gasteiger partial charge in [-0.1, -0.05) is 30.3 Å². The summed E-state index contributed by atoms with van der Waals surface area (Å²) >= 11 is 1.80.